The number of carbonyl (C=O) groups is 1. The summed E-state index contributed by atoms with van der Waals surface area (Å²) in [7, 11) is 0.869. The van der Waals surface area contributed by atoms with Crippen LogP contribution >= 0.6 is 11.6 Å². The Balaban J connectivity index is 3.49. The van der Waals surface area contributed by atoms with Crippen LogP contribution in [0.5, 0.6) is 11.5 Å². The van der Waals surface area contributed by atoms with Gasteiger partial charge in [-0.3, -0.25) is 14.9 Å². The summed E-state index contributed by atoms with van der Waals surface area (Å²) in [5.41, 5.74) is -1.96. The Hall–Kier alpha value is -2.10. The minimum absolute atomic E-state index is 0.453. The first-order chi connectivity index (χ1) is 8.67. The monoisotopic (exact) mass is 300 g/mol. The zero-order valence-corrected chi connectivity index (χ0v) is 9.78. The zero-order valence-electron chi connectivity index (χ0n) is 9.02. The molecule has 19 heavy (non-hydrogen) atoms. The molecule has 0 aliphatic rings. The van der Waals surface area contributed by atoms with Gasteiger partial charge in [0, 0.05) is 0 Å². The van der Waals surface area contributed by atoms with Crippen molar-refractivity contribution in [2.24, 2.45) is 0 Å². The van der Waals surface area contributed by atoms with Crippen molar-refractivity contribution in [2.75, 3.05) is 7.11 Å². The Morgan fingerprint density at radius 2 is 2.11 bits per heavy atom. The minimum atomic E-state index is -5.10. The smallest absolute Gasteiger partial charge is 0.487 e. The number of rotatable bonds is 4. The van der Waals surface area contributed by atoms with E-state index in [1.54, 1.807) is 0 Å². The molecule has 0 aliphatic carbocycles. The third-order valence-electron chi connectivity index (χ3n) is 1.77. The number of hydrogen-bond acceptors (Lipinski definition) is 6. The number of nitro groups is 1. The van der Waals surface area contributed by atoms with Crippen LogP contribution in [0.3, 0.4) is 0 Å². The topological polar surface area (TPSA) is 91.6 Å². The number of carbonyl (C=O) groups excluding carboxylic acids is 1. The highest BCUT2D eigenvalue weighted by Crippen LogP contribution is 2.40. The minimum Gasteiger partial charge on any atom is -0.487 e. The molecule has 7 nitrogen and oxygen atoms in total. The molecule has 0 atom stereocenters. The van der Waals surface area contributed by atoms with Crippen molar-refractivity contribution in [1.82, 2.24) is 4.98 Å². The van der Waals surface area contributed by atoms with Gasteiger partial charge in [-0.25, -0.2) is 4.98 Å². The normalized spacial score (nSPS) is 11.0. The molecule has 0 radical (unpaired) electrons. The molecule has 1 aromatic heterocycles. The Labute approximate surface area is 108 Å². The molecule has 1 heterocycles. The highest BCUT2D eigenvalue weighted by molar-refractivity contribution is 6.68. The van der Waals surface area contributed by atoms with E-state index in [1.165, 1.54) is 0 Å². The lowest BCUT2D eigenvalue weighted by atomic mass is 10.2. The van der Waals surface area contributed by atoms with E-state index < -0.39 is 39.4 Å². The van der Waals surface area contributed by atoms with Crippen molar-refractivity contribution in [3.63, 3.8) is 0 Å². The molecular formula is C8H4ClF3N2O5. The fourth-order valence-corrected chi connectivity index (χ4v) is 1.31. The quantitative estimate of drug-likeness (QED) is 0.481. The van der Waals surface area contributed by atoms with Gasteiger partial charge in [-0.2, -0.15) is 0 Å². The summed E-state index contributed by atoms with van der Waals surface area (Å²) in [6, 6.07) is 0. The van der Waals surface area contributed by atoms with Crippen molar-refractivity contribution >= 4 is 22.5 Å². The fourth-order valence-electron chi connectivity index (χ4n) is 1.18. The molecular weight excluding hydrogens is 297 g/mol. The maximum absolute atomic E-state index is 12.1. The van der Waals surface area contributed by atoms with Gasteiger partial charge < -0.3 is 9.47 Å². The lowest BCUT2D eigenvalue weighted by Gasteiger charge is -2.12. The van der Waals surface area contributed by atoms with Crippen molar-refractivity contribution in [2.45, 2.75) is 6.36 Å². The van der Waals surface area contributed by atoms with E-state index in [0.717, 1.165) is 7.11 Å². The number of ether oxygens (including phenoxy) is 2. The lowest BCUT2D eigenvalue weighted by Crippen LogP contribution is -2.18. The number of aromatic nitrogens is 1. The predicted molar refractivity (Wildman–Crippen MR) is 54.3 cm³/mol. The van der Waals surface area contributed by atoms with Gasteiger partial charge in [0.25, 0.3) is 5.24 Å². The molecule has 11 heteroatoms. The van der Waals surface area contributed by atoms with Crippen LogP contribution in [0, 0.1) is 10.1 Å². The molecule has 104 valence electrons. The van der Waals surface area contributed by atoms with Crippen molar-refractivity contribution in [3.05, 3.63) is 22.0 Å². The van der Waals surface area contributed by atoms with Crippen molar-refractivity contribution < 1.29 is 32.4 Å². The van der Waals surface area contributed by atoms with E-state index in [4.69, 9.17) is 11.6 Å². The third-order valence-corrected chi connectivity index (χ3v) is 1.95. The van der Waals surface area contributed by atoms with Gasteiger partial charge in [0.05, 0.1) is 18.2 Å². The summed E-state index contributed by atoms with van der Waals surface area (Å²) < 4.78 is 44.2. The number of nitrogens with zero attached hydrogens (tertiary/aromatic N) is 2. The Morgan fingerprint density at radius 3 is 2.47 bits per heavy atom. The zero-order chi connectivity index (χ0) is 14.8. The van der Waals surface area contributed by atoms with Crippen LogP contribution in [0.2, 0.25) is 0 Å². The average molecular weight is 301 g/mol. The van der Waals surface area contributed by atoms with Crippen LogP contribution < -0.4 is 9.47 Å². The van der Waals surface area contributed by atoms with Crippen molar-refractivity contribution in [3.8, 4) is 11.5 Å². The molecule has 0 spiro atoms. The highest BCUT2D eigenvalue weighted by atomic mass is 35.5. The molecule has 0 bridgehead atoms. The number of halogens is 4. The van der Waals surface area contributed by atoms with Crippen LogP contribution in [0.4, 0.5) is 18.9 Å². The fraction of sp³-hybridized carbons (Fsp3) is 0.250. The van der Waals surface area contributed by atoms with Gasteiger partial charge in [-0.05, 0) is 11.6 Å². The number of pyridine rings is 1. The van der Waals surface area contributed by atoms with E-state index in [1.807, 2.05) is 0 Å². The van der Waals surface area contributed by atoms with Gasteiger partial charge >= 0.3 is 12.0 Å². The van der Waals surface area contributed by atoms with E-state index in [9.17, 15) is 28.1 Å². The summed E-state index contributed by atoms with van der Waals surface area (Å²) in [6.07, 6.45) is -4.65. The molecule has 0 saturated carbocycles. The molecule has 0 unspecified atom stereocenters. The second-order valence-electron chi connectivity index (χ2n) is 2.93. The van der Waals surface area contributed by atoms with Gasteiger partial charge in [0.1, 0.15) is 0 Å². The van der Waals surface area contributed by atoms with Gasteiger partial charge in [0.15, 0.2) is 5.75 Å². The Morgan fingerprint density at radius 1 is 1.53 bits per heavy atom. The molecule has 0 N–H and O–H groups in total. The second-order valence-corrected chi connectivity index (χ2v) is 3.27. The lowest BCUT2D eigenvalue weighted by molar-refractivity contribution is -0.386. The number of alkyl halides is 3. The molecule has 0 saturated heterocycles. The second kappa shape index (κ2) is 5.26. The summed E-state index contributed by atoms with van der Waals surface area (Å²) in [5, 5.41) is 9.45. The molecule has 0 amide bonds. The van der Waals surface area contributed by atoms with E-state index >= 15 is 0 Å². The summed E-state index contributed by atoms with van der Waals surface area (Å²) in [5.74, 6) is -1.95. The van der Waals surface area contributed by atoms with Crippen LogP contribution in [-0.4, -0.2) is 28.6 Å². The standard InChI is InChI=1S/C8H4ClF3N2O5/c1-18-6-3(19-8(10,11)12)2-13-4(7(9)15)5(6)14(16)17/h2H,1H3. The van der Waals surface area contributed by atoms with Crippen molar-refractivity contribution in [1.29, 1.82) is 0 Å². The maximum Gasteiger partial charge on any atom is 0.573 e. The Bertz CT molecular complexity index is 534. The first-order valence-electron chi connectivity index (χ1n) is 4.34. The molecule has 0 fully saturated rings. The molecule has 1 aromatic rings. The van der Waals surface area contributed by atoms with Crippen LogP contribution in [0.1, 0.15) is 10.5 Å². The molecule has 1 rings (SSSR count). The average Bonchev–Trinajstić information content (AvgIpc) is 2.25. The van der Waals surface area contributed by atoms with Gasteiger partial charge in [-0.1, -0.05) is 0 Å². The Kier molecular flexibility index (Phi) is 4.14. The van der Waals surface area contributed by atoms with Crippen LogP contribution in [0.15, 0.2) is 6.20 Å². The summed E-state index contributed by atoms with van der Waals surface area (Å²) in [6.45, 7) is 0. The van der Waals surface area contributed by atoms with E-state index in [0.29, 0.717) is 6.20 Å². The van der Waals surface area contributed by atoms with Crippen LogP contribution in [-0.2, 0) is 0 Å². The summed E-state index contributed by atoms with van der Waals surface area (Å²) in [4.78, 5) is 23.7. The number of hydrogen-bond donors (Lipinski definition) is 0. The predicted octanol–water partition coefficient (Wildman–Crippen LogP) is 2.28. The van der Waals surface area contributed by atoms with E-state index in [-0.39, 0.29) is 0 Å². The SMILES string of the molecule is COc1c(OC(F)(F)F)cnc(C(=O)Cl)c1[N+](=O)[O-]. The first kappa shape index (κ1) is 15.0. The number of methoxy groups -OCH3 is 1. The third kappa shape index (κ3) is 3.44. The first-order valence-corrected chi connectivity index (χ1v) is 4.72. The molecule has 0 aromatic carbocycles. The van der Waals surface area contributed by atoms with Gasteiger partial charge in [-0.15, -0.1) is 13.2 Å². The van der Waals surface area contributed by atoms with Gasteiger partial charge in [0.2, 0.25) is 11.4 Å². The highest BCUT2D eigenvalue weighted by Gasteiger charge is 2.37. The maximum atomic E-state index is 12.1. The van der Waals surface area contributed by atoms with Crippen LogP contribution in [0.25, 0.3) is 0 Å². The summed E-state index contributed by atoms with van der Waals surface area (Å²) >= 11 is 5.04. The van der Waals surface area contributed by atoms with E-state index in [2.05, 4.69) is 14.5 Å². The molecule has 0 aliphatic heterocycles. The largest absolute Gasteiger partial charge is 0.573 e.